The molecule has 7 aliphatic rings. The quantitative estimate of drug-likeness (QED) is 0.685. The van der Waals surface area contributed by atoms with Crippen LogP contribution >= 0.6 is 0 Å². The molecule has 1 amide bonds. The molecular weight excluding hydrogens is 352 g/mol. The average molecular weight is 387 g/mol. The van der Waals surface area contributed by atoms with Crippen LogP contribution in [-0.4, -0.2) is 59.0 Å². The van der Waals surface area contributed by atoms with Gasteiger partial charge in [-0.15, -0.1) is 0 Å². The van der Waals surface area contributed by atoms with Crippen molar-refractivity contribution in [3.05, 3.63) is 0 Å². The molecule has 0 aromatic heterocycles. The molecule has 1 unspecified atom stereocenters. The molecule has 28 heavy (non-hydrogen) atoms. The van der Waals surface area contributed by atoms with E-state index in [1.807, 2.05) is 0 Å². The lowest BCUT2D eigenvalue weighted by atomic mass is 9.52. The second-order valence-electron chi connectivity index (χ2n) is 11.0. The van der Waals surface area contributed by atoms with Crippen LogP contribution in [-0.2, 0) is 14.3 Å². The van der Waals surface area contributed by atoms with E-state index in [2.05, 4.69) is 9.80 Å². The third-order valence-corrected chi connectivity index (χ3v) is 9.34. The second kappa shape index (κ2) is 6.20. The van der Waals surface area contributed by atoms with Crippen molar-refractivity contribution >= 4 is 11.9 Å². The molecule has 5 aliphatic carbocycles. The molecule has 2 heterocycles. The van der Waals surface area contributed by atoms with Gasteiger partial charge in [0.05, 0.1) is 12.3 Å². The van der Waals surface area contributed by atoms with Crippen molar-refractivity contribution in [2.24, 2.45) is 23.7 Å². The maximum atomic E-state index is 13.3. The van der Waals surface area contributed by atoms with E-state index in [1.54, 1.807) is 0 Å². The van der Waals surface area contributed by atoms with Crippen LogP contribution in [0, 0.1) is 23.7 Å². The highest BCUT2D eigenvalue weighted by Crippen LogP contribution is 2.58. The molecule has 5 saturated carbocycles. The Bertz CT molecular complexity index is 640. The van der Waals surface area contributed by atoms with Crippen molar-refractivity contribution in [1.29, 1.82) is 0 Å². The molecule has 0 aromatic rings. The fourth-order valence-corrected chi connectivity index (χ4v) is 8.50. The summed E-state index contributed by atoms with van der Waals surface area (Å²) in [4.78, 5) is 30.2. The molecule has 7 rings (SSSR count). The van der Waals surface area contributed by atoms with E-state index in [0.29, 0.717) is 12.0 Å². The third-order valence-electron chi connectivity index (χ3n) is 9.34. The lowest BCUT2D eigenvalue weighted by molar-refractivity contribution is -0.153. The Labute approximate surface area is 168 Å². The first-order valence-corrected chi connectivity index (χ1v) is 11.8. The number of ether oxygens (including phenoxy) is 1. The molecule has 1 atom stereocenters. The smallest absolute Gasteiger partial charge is 0.307 e. The van der Waals surface area contributed by atoms with Crippen LogP contribution < -0.4 is 0 Å². The molecule has 7 fully saturated rings. The normalized spacial score (nSPS) is 44.4. The van der Waals surface area contributed by atoms with E-state index in [0.717, 1.165) is 69.6 Å². The van der Waals surface area contributed by atoms with E-state index in [1.165, 1.54) is 38.5 Å². The fraction of sp³-hybridized carbons (Fsp3) is 0.913. The molecule has 2 saturated heterocycles. The van der Waals surface area contributed by atoms with E-state index >= 15 is 0 Å². The van der Waals surface area contributed by atoms with Crippen LogP contribution in [0.25, 0.3) is 0 Å². The summed E-state index contributed by atoms with van der Waals surface area (Å²) in [6.07, 6.45) is 12.9. The zero-order valence-electron chi connectivity index (χ0n) is 17.0. The van der Waals surface area contributed by atoms with Crippen LogP contribution in [0.4, 0.5) is 0 Å². The Morgan fingerprint density at radius 2 is 1.46 bits per heavy atom. The lowest BCUT2D eigenvalue weighted by Gasteiger charge is -2.61. The van der Waals surface area contributed by atoms with Gasteiger partial charge in [0, 0.05) is 31.7 Å². The van der Waals surface area contributed by atoms with Gasteiger partial charge in [-0.05, 0) is 82.0 Å². The molecule has 1 spiro atoms. The highest BCUT2D eigenvalue weighted by molar-refractivity contribution is 5.88. The topological polar surface area (TPSA) is 49.9 Å². The van der Waals surface area contributed by atoms with Crippen molar-refractivity contribution in [2.45, 2.75) is 81.8 Å². The van der Waals surface area contributed by atoms with Crippen LogP contribution in [0.2, 0.25) is 0 Å². The molecule has 4 bridgehead atoms. The molecular formula is C23H34N2O3. The first-order chi connectivity index (χ1) is 13.6. The molecule has 0 radical (unpaired) electrons. The second-order valence-corrected chi connectivity index (χ2v) is 11.0. The molecule has 2 aliphatic heterocycles. The predicted molar refractivity (Wildman–Crippen MR) is 104 cm³/mol. The summed E-state index contributed by atoms with van der Waals surface area (Å²) in [6, 6.07) is 0. The van der Waals surface area contributed by atoms with Crippen molar-refractivity contribution in [3.63, 3.8) is 0 Å². The standard InChI is InChI=1S/C23H34N2O3/c26-20-12-19(23(28-20)3-1-2-4-23)21(27)24-5-7-25(8-6-24)22-13-16-9-17(14-22)11-18(10-16)15-22/h16-19H,1-15H2. The minimum Gasteiger partial charge on any atom is -0.458 e. The van der Waals surface area contributed by atoms with E-state index in [9.17, 15) is 9.59 Å². The largest absolute Gasteiger partial charge is 0.458 e. The van der Waals surface area contributed by atoms with Gasteiger partial charge in [0.25, 0.3) is 0 Å². The van der Waals surface area contributed by atoms with Crippen LogP contribution in [0.3, 0.4) is 0 Å². The molecule has 154 valence electrons. The van der Waals surface area contributed by atoms with Crippen molar-refractivity contribution in [3.8, 4) is 0 Å². The molecule has 0 N–H and O–H groups in total. The Kier molecular flexibility index (Phi) is 3.93. The summed E-state index contributed by atoms with van der Waals surface area (Å²) in [7, 11) is 0. The SMILES string of the molecule is O=C1CC(C(=O)N2CCN(C34CC5CC(CC(C5)C3)C4)CC2)C2(CCCC2)O1. The van der Waals surface area contributed by atoms with E-state index in [4.69, 9.17) is 4.74 Å². The van der Waals surface area contributed by atoms with Gasteiger partial charge in [-0.2, -0.15) is 0 Å². The van der Waals surface area contributed by atoms with Crippen LogP contribution in [0.1, 0.15) is 70.6 Å². The van der Waals surface area contributed by atoms with Crippen LogP contribution in [0.15, 0.2) is 0 Å². The number of hydrogen-bond donors (Lipinski definition) is 0. The number of carbonyl (C=O) groups is 2. The number of carbonyl (C=O) groups excluding carboxylic acids is 2. The zero-order valence-corrected chi connectivity index (χ0v) is 17.0. The van der Waals surface area contributed by atoms with Gasteiger partial charge in [0.15, 0.2) is 0 Å². The van der Waals surface area contributed by atoms with Gasteiger partial charge in [0.2, 0.25) is 5.91 Å². The van der Waals surface area contributed by atoms with Gasteiger partial charge in [-0.3, -0.25) is 14.5 Å². The summed E-state index contributed by atoms with van der Waals surface area (Å²) in [5.41, 5.74) is -0.0196. The molecule has 5 nitrogen and oxygen atoms in total. The summed E-state index contributed by atoms with van der Waals surface area (Å²) in [6.45, 7) is 3.71. The number of rotatable bonds is 2. The minimum atomic E-state index is -0.467. The highest BCUT2D eigenvalue weighted by atomic mass is 16.6. The van der Waals surface area contributed by atoms with Gasteiger partial charge in [-0.25, -0.2) is 0 Å². The fourth-order valence-electron chi connectivity index (χ4n) is 8.50. The number of amides is 1. The lowest BCUT2D eigenvalue weighted by Crippen LogP contribution is -2.64. The zero-order chi connectivity index (χ0) is 18.9. The Morgan fingerprint density at radius 3 is 2.04 bits per heavy atom. The first-order valence-electron chi connectivity index (χ1n) is 11.8. The monoisotopic (exact) mass is 386 g/mol. The Morgan fingerprint density at radius 1 is 0.893 bits per heavy atom. The van der Waals surface area contributed by atoms with Crippen molar-refractivity contribution in [1.82, 2.24) is 9.80 Å². The summed E-state index contributed by atoms with van der Waals surface area (Å²) >= 11 is 0. The summed E-state index contributed by atoms with van der Waals surface area (Å²) in [5, 5.41) is 0. The van der Waals surface area contributed by atoms with Gasteiger partial charge < -0.3 is 9.64 Å². The predicted octanol–water partition coefficient (Wildman–Crippen LogP) is 2.98. The maximum Gasteiger partial charge on any atom is 0.307 e. The Balaban J connectivity index is 1.13. The van der Waals surface area contributed by atoms with Gasteiger partial charge in [-0.1, -0.05) is 0 Å². The minimum absolute atomic E-state index is 0.160. The average Bonchev–Trinajstić information content (AvgIpc) is 3.27. The number of piperazine rings is 1. The summed E-state index contributed by atoms with van der Waals surface area (Å²) < 4.78 is 5.72. The number of hydrogen-bond acceptors (Lipinski definition) is 4. The molecule has 5 heteroatoms. The van der Waals surface area contributed by atoms with Gasteiger partial charge >= 0.3 is 5.97 Å². The van der Waals surface area contributed by atoms with E-state index in [-0.39, 0.29) is 17.8 Å². The first kappa shape index (κ1) is 17.7. The third kappa shape index (κ3) is 2.60. The Hall–Kier alpha value is -1.10. The maximum absolute atomic E-state index is 13.3. The van der Waals surface area contributed by atoms with Crippen LogP contribution in [0.5, 0.6) is 0 Å². The van der Waals surface area contributed by atoms with Crippen molar-refractivity contribution < 1.29 is 14.3 Å². The van der Waals surface area contributed by atoms with Crippen molar-refractivity contribution in [2.75, 3.05) is 26.2 Å². The summed E-state index contributed by atoms with van der Waals surface area (Å²) in [5.74, 6) is 2.71. The number of esters is 1. The van der Waals surface area contributed by atoms with E-state index < -0.39 is 5.60 Å². The van der Waals surface area contributed by atoms with Gasteiger partial charge in [0.1, 0.15) is 5.60 Å². The number of nitrogens with zero attached hydrogens (tertiary/aromatic N) is 2. The molecule has 0 aromatic carbocycles. The highest BCUT2D eigenvalue weighted by Gasteiger charge is 2.56.